The predicted octanol–water partition coefficient (Wildman–Crippen LogP) is 2.84. The maximum Gasteiger partial charge on any atom is -0.000426 e. The Bertz CT molecular complexity index is 74.0. The number of hydrogen-bond donors (Lipinski definition) is 1. The Hall–Kier alpha value is 0.690. The second kappa shape index (κ2) is 8.78. The quantitative estimate of drug-likeness (QED) is 0.426. The van der Waals surface area contributed by atoms with Crippen molar-refractivity contribution in [2.24, 2.45) is 5.92 Å². The van der Waals surface area contributed by atoms with Crippen LogP contribution < -0.4 is 5.32 Å². The lowest BCUT2D eigenvalue weighted by molar-refractivity contribution is 0.531. The molecule has 11 heavy (non-hydrogen) atoms. The van der Waals surface area contributed by atoms with Crippen molar-refractivity contribution in [2.45, 2.75) is 33.1 Å². The number of halogens is 1. The van der Waals surface area contributed by atoms with Gasteiger partial charge in [0.2, 0.25) is 0 Å². The summed E-state index contributed by atoms with van der Waals surface area (Å²) in [7, 11) is 0. The Balaban J connectivity index is 2.80. The first-order valence-corrected chi connectivity index (χ1v) is 6.06. The molecule has 0 spiro atoms. The van der Waals surface area contributed by atoms with Crippen LogP contribution in [0, 0.1) is 5.92 Å². The summed E-state index contributed by atoms with van der Waals surface area (Å²) in [4.78, 5) is 0. The molecule has 2 heteroatoms. The molecule has 0 saturated carbocycles. The van der Waals surface area contributed by atoms with E-state index in [1.54, 1.807) is 0 Å². The minimum absolute atomic E-state index is 0.840. The zero-order valence-electron chi connectivity index (χ0n) is 7.70. The molecule has 1 N–H and O–H groups in total. The van der Waals surface area contributed by atoms with Gasteiger partial charge in [0.05, 0.1) is 0 Å². The van der Waals surface area contributed by atoms with Crippen LogP contribution in [-0.4, -0.2) is 17.5 Å². The van der Waals surface area contributed by atoms with Crippen molar-refractivity contribution in [2.75, 3.05) is 17.5 Å². The predicted molar refractivity (Wildman–Crippen MR) is 60.4 cm³/mol. The number of rotatable bonds is 7. The van der Waals surface area contributed by atoms with E-state index in [2.05, 4.69) is 41.8 Å². The first kappa shape index (κ1) is 11.7. The van der Waals surface area contributed by atoms with Gasteiger partial charge in [-0.15, -0.1) is 0 Å². The fourth-order valence-corrected chi connectivity index (χ4v) is 1.40. The van der Waals surface area contributed by atoms with E-state index in [1.165, 1.54) is 36.8 Å². The highest BCUT2D eigenvalue weighted by molar-refractivity contribution is 14.1. The van der Waals surface area contributed by atoms with Crippen molar-refractivity contribution in [3.63, 3.8) is 0 Å². The van der Waals surface area contributed by atoms with Crippen LogP contribution in [-0.2, 0) is 0 Å². The van der Waals surface area contributed by atoms with Gasteiger partial charge in [0, 0.05) is 0 Å². The van der Waals surface area contributed by atoms with E-state index in [1.807, 2.05) is 0 Å². The fraction of sp³-hybridized carbons (Fsp3) is 1.00. The van der Waals surface area contributed by atoms with Crippen molar-refractivity contribution in [1.82, 2.24) is 5.32 Å². The number of unbranched alkanes of at least 4 members (excludes halogenated alkanes) is 1. The molecule has 0 aliphatic heterocycles. The second-order valence-electron chi connectivity index (χ2n) is 3.33. The Morgan fingerprint density at radius 3 is 2.45 bits per heavy atom. The van der Waals surface area contributed by atoms with Gasteiger partial charge in [0.1, 0.15) is 0 Å². The third-order valence-corrected chi connectivity index (χ3v) is 2.40. The van der Waals surface area contributed by atoms with Crippen molar-refractivity contribution in [1.29, 1.82) is 0 Å². The molecule has 68 valence electrons. The van der Waals surface area contributed by atoms with Crippen LogP contribution in [0.4, 0.5) is 0 Å². The SMILES string of the molecule is CC(C)CCNCCCCI. The van der Waals surface area contributed by atoms with Crippen LogP contribution in [0.2, 0.25) is 0 Å². The Kier molecular flexibility index (Phi) is 9.33. The Morgan fingerprint density at radius 1 is 1.18 bits per heavy atom. The molecular formula is C9H20IN. The van der Waals surface area contributed by atoms with Crippen molar-refractivity contribution in [3.8, 4) is 0 Å². The summed E-state index contributed by atoms with van der Waals surface area (Å²) < 4.78 is 1.30. The van der Waals surface area contributed by atoms with Crippen LogP contribution in [0.1, 0.15) is 33.1 Å². The van der Waals surface area contributed by atoms with Crippen LogP contribution in [0.5, 0.6) is 0 Å². The number of alkyl halides is 1. The van der Waals surface area contributed by atoms with E-state index >= 15 is 0 Å². The standard InChI is InChI=1S/C9H20IN/c1-9(2)5-8-11-7-4-3-6-10/h9,11H,3-8H2,1-2H3. The molecule has 0 aliphatic rings. The van der Waals surface area contributed by atoms with E-state index in [9.17, 15) is 0 Å². The first-order valence-electron chi connectivity index (χ1n) is 4.54. The monoisotopic (exact) mass is 269 g/mol. The topological polar surface area (TPSA) is 12.0 Å². The Labute approximate surface area is 84.5 Å². The summed E-state index contributed by atoms with van der Waals surface area (Å²) >= 11 is 2.43. The summed E-state index contributed by atoms with van der Waals surface area (Å²) in [5, 5.41) is 3.45. The number of nitrogens with one attached hydrogen (secondary N) is 1. The van der Waals surface area contributed by atoms with Crippen LogP contribution in [0.3, 0.4) is 0 Å². The second-order valence-corrected chi connectivity index (χ2v) is 4.41. The van der Waals surface area contributed by atoms with Crippen LogP contribution in [0.25, 0.3) is 0 Å². The molecule has 0 bridgehead atoms. The molecular weight excluding hydrogens is 249 g/mol. The van der Waals surface area contributed by atoms with Gasteiger partial charge in [-0.1, -0.05) is 36.4 Å². The number of hydrogen-bond acceptors (Lipinski definition) is 1. The van der Waals surface area contributed by atoms with Crippen molar-refractivity contribution in [3.05, 3.63) is 0 Å². The Morgan fingerprint density at radius 2 is 1.91 bits per heavy atom. The molecule has 0 rings (SSSR count). The van der Waals surface area contributed by atoms with Gasteiger partial charge < -0.3 is 5.32 Å². The molecule has 0 saturated heterocycles. The lowest BCUT2D eigenvalue weighted by Crippen LogP contribution is -2.18. The van der Waals surface area contributed by atoms with E-state index < -0.39 is 0 Å². The lowest BCUT2D eigenvalue weighted by Gasteiger charge is -2.05. The third-order valence-electron chi connectivity index (χ3n) is 1.64. The molecule has 1 nitrogen and oxygen atoms in total. The maximum absolute atomic E-state index is 3.45. The van der Waals surface area contributed by atoms with Gasteiger partial charge in [-0.25, -0.2) is 0 Å². The zero-order valence-corrected chi connectivity index (χ0v) is 9.86. The van der Waals surface area contributed by atoms with E-state index in [-0.39, 0.29) is 0 Å². The van der Waals surface area contributed by atoms with Gasteiger partial charge in [-0.2, -0.15) is 0 Å². The molecule has 0 aromatic heterocycles. The lowest BCUT2D eigenvalue weighted by atomic mass is 10.1. The van der Waals surface area contributed by atoms with Gasteiger partial charge in [0.25, 0.3) is 0 Å². The molecule has 0 heterocycles. The summed E-state index contributed by atoms with van der Waals surface area (Å²) in [6.45, 7) is 6.94. The van der Waals surface area contributed by atoms with E-state index in [0.29, 0.717) is 0 Å². The summed E-state index contributed by atoms with van der Waals surface area (Å²) in [5.74, 6) is 0.840. The average molecular weight is 269 g/mol. The molecule has 0 fully saturated rings. The molecule has 0 atom stereocenters. The van der Waals surface area contributed by atoms with E-state index in [0.717, 1.165) is 5.92 Å². The maximum atomic E-state index is 3.45. The first-order chi connectivity index (χ1) is 5.27. The van der Waals surface area contributed by atoms with Gasteiger partial charge >= 0.3 is 0 Å². The smallest absolute Gasteiger partial charge is 0.000426 e. The minimum Gasteiger partial charge on any atom is -0.317 e. The highest BCUT2D eigenvalue weighted by Crippen LogP contribution is 1.97. The van der Waals surface area contributed by atoms with Crippen molar-refractivity contribution < 1.29 is 0 Å². The zero-order chi connectivity index (χ0) is 8.53. The molecule has 0 aromatic carbocycles. The highest BCUT2D eigenvalue weighted by atomic mass is 127. The summed E-state index contributed by atoms with van der Waals surface area (Å²) in [6, 6.07) is 0. The van der Waals surface area contributed by atoms with Crippen LogP contribution in [0.15, 0.2) is 0 Å². The molecule has 0 aliphatic carbocycles. The minimum atomic E-state index is 0.840. The average Bonchev–Trinajstić information content (AvgIpc) is 1.96. The molecule has 0 aromatic rings. The summed E-state index contributed by atoms with van der Waals surface area (Å²) in [5.41, 5.74) is 0. The fourth-order valence-electron chi connectivity index (χ4n) is 0.860. The van der Waals surface area contributed by atoms with Gasteiger partial charge in [-0.05, 0) is 42.7 Å². The summed E-state index contributed by atoms with van der Waals surface area (Å²) in [6.07, 6.45) is 4.00. The molecule has 0 unspecified atom stereocenters. The third kappa shape index (κ3) is 10.7. The molecule has 0 amide bonds. The largest absolute Gasteiger partial charge is 0.317 e. The normalized spacial score (nSPS) is 10.9. The highest BCUT2D eigenvalue weighted by Gasteiger charge is 1.92. The van der Waals surface area contributed by atoms with Gasteiger partial charge in [-0.3, -0.25) is 0 Å². The molecule has 0 radical (unpaired) electrons. The van der Waals surface area contributed by atoms with Crippen molar-refractivity contribution >= 4 is 22.6 Å². The van der Waals surface area contributed by atoms with Crippen LogP contribution >= 0.6 is 22.6 Å². The van der Waals surface area contributed by atoms with E-state index in [4.69, 9.17) is 0 Å². The van der Waals surface area contributed by atoms with Gasteiger partial charge in [0.15, 0.2) is 0 Å².